The molecule has 0 bridgehead atoms. The van der Waals surface area contributed by atoms with Crippen LogP contribution >= 0.6 is 34.8 Å². The van der Waals surface area contributed by atoms with Gasteiger partial charge in [-0.1, -0.05) is 36.5 Å². The van der Waals surface area contributed by atoms with E-state index < -0.39 is 0 Å². The van der Waals surface area contributed by atoms with Gasteiger partial charge in [0.2, 0.25) is 0 Å². The van der Waals surface area contributed by atoms with Gasteiger partial charge in [-0.2, -0.15) is 0 Å². The fourth-order valence-electron chi connectivity index (χ4n) is 1.61. The largest absolute Gasteiger partial charge is 0.352 e. The number of benzene rings is 1. The van der Waals surface area contributed by atoms with Gasteiger partial charge in [-0.3, -0.25) is 4.79 Å². The van der Waals surface area contributed by atoms with Gasteiger partial charge in [0.25, 0.3) is 5.91 Å². The van der Waals surface area contributed by atoms with Crippen molar-refractivity contribution in [2.45, 2.75) is 19.8 Å². The standard InChI is InChI=1S/C13H16Cl3NO/c1-2-9(5-6-14)8-17-13(18)11-4-3-10(15)7-12(11)16/h3-4,7,9H,2,5-6,8H2,1H3,(H,17,18). The van der Waals surface area contributed by atoms with Crippen molar-refractivity contribution in [1.29, 1.82) is 0 Å². The average molecular weight is 309 g/mol. The Morgan fingerprint density at radius 1 is 1.39 bits per heavy atom. The van der Waals surface area contributed by atoms with Crippen LogP contribution in [-0.4, -0.2) is 18.3 Å². The number of amides is 1. The molecule has 0 radical (unpaired) electrons. The van der Waals surface area contributed by atoms with Crippen LogP contribution in [0.3, 0.4) is 0 Å². The summed E-state index contributed by atoms with van der Waals surface area (Å²) in [6, 6.07) is 4.84. The summed E-state index contributed by atoms with van der Waals surface area (Å²) in [7, 11) is 0. The van der Waals surface area contributed by atoms with E-state index in [1.165, 1.54) is 0 Å². The first-order valence-electron chi connectivity index (χ1n) is 5.87. The highest BCUT2D eigenvalue weighted by Gasteiger charge is 2.12. The highest BCUT2D eigenvalue weighted by atomic mass is 35.5. The van der Waals surface area contributed by atoms with Crippen molar-refractivity contribution in [2.75, 3.05) is 12.4 Å². The zero-order valence-electron chi connectivity index (χ0n) is 10.2. The molecule has 1 unspecified atom stereocenters. The molecule has 1 atom stereocenters. The number of carbonyl (C=O) groups is 1. The van der Waals surface area contributed by atoms with E-state index >= 15 is 0 Å². The van der Waals surface area contributed by atoms with Crippen molar-refractivity contribution in [2.24, 2.45) is 5.92 Å². The molecular weight excluding hydrogens is 293 g/mol. The minimum atomic E-state index is -0.176. The van der Waals surface area contributed by atoms with Crippen molar-refractivity contribution >= 4 is 40.7 Å². The molecule has 0 saturated heterocycles. The summed E-state index contributed by atoms with van der Waals surface area (Å²) in [5.41, 5.74) is 0.446. The SMILES string of the molecule is CCC(CCCl)CNC(=O)c1ccc(Cl)cc1Cl. The molecule has 0 saturated carbocycles. The molecule has 0 spiro atoms. The number of halogens is 3. The number of hydrogen-bond donors (Lipinski definition) is 1. The predicted molar refractivity (Wildman–Crippen MR) is 77.9 cm³/mol. The van der Waals surface area contributed by atoms with Gasteiger partial charge in [0.15, 0.2) is 0 Å². The van der Waals surface area contributed by atoms with Gasteiger partial charge < -0.3 is 5.32 Å². The summed E-state index contributed by atoms with van der Waals surface area (Å²) >= 11 is 17.5. The zero-order chi connectivity index (χ0) is 13.5. The molecule has 1 aromatic rings. The smallest absolute Gasteiger partial charge is 0.252 e. The summed E-state index contributed by atoms with van der Waals surface area (Å²) in [6.45, 7) is 2.69. The maximum Gasteiger partial charge on any atom is 0.252 e. The Labute approximate surface area is 123 Å². The van der Waals surface area contributed by atoms with Crippen LogP contribution in [0, 0.1) is 5.92 Å². The Hall–Kier alpha value is -0.440. The minimum Gasteiger partial charge on any atom is -0.352 e. The van der Waals surface area contributed by atoms with E-state index in [1.54, 1.807) is 18.2 Å². The Morgan fingerprint density at radius 3 is 2.67 bits per heavy atom. The second kappa shape index (κ2) is 7.88. The molecular formula is C13H16Cl3NO. The van der Waals surface area contributed by atoms with E-state index in [4.69, 9.17) is 34.8 Å². The monoisotopic (exact) mass is 307 g/mol. The fourth-order valence-corrected chi connectivity index (χ4v) is 2.41. The van der Waals surface area contributed by atoms with Crippen LogP contribution in [0.4, 0.5) is 0 Å². The molecule has 0 fully saturated rings. The van der Waals surface area contributed by atoms with Crippen LogP contribution in [0.2, 0.25) is 10.0 Å². The molecule has 1 N–H and O–H groups in total. The van der Waals surface area contributed by atoms with Gasteiger partial charge in [0, 0.05) is 17.4 Å². The Balaban J connectivity index is 2.59. The second-order valence-electron chi connectivity index (χ2n) is 4.09. The van der Waals surface area contributed by atoms with Crippen molar-refractivity contribution < 1.29 is 4.79 Å². The van der Waals surface area contributed by atoms with Gasteiger partial charge in [0.05, 0.1) is 10.6 Å². The third kappa shape index (κ3) is 4.68. The zero-order valence-corrected chi connectivity index (χ0v) is 12.4. The fraction of sp³-hybridized carbons (Fsp3) is 0.462. The first-order chi connectivity index (χ1) is 8.58. The Bertz CT molecular complexity index is 409. The molecule has 1 aromatic carbocycles. The topological polar surface area (TPSA) is 29.1 Å². The molecule has 100 valence electrons. The number of hydrogen-bond acceptors (Lipinski definition) is 1. The molecule has 1 amide bonds. The van der Waals surface area contributed by atoms with E-state index in [-0.39, 0.29) is 5.91 Å². The first kappa shape index (κ1) is 15.6. The molecule has 1 rings (SSSR count). The van der Waals surface area contributed by atoms with Crippen LogP contribution < -0.4 is 5.32 Å². The van der Waals surface area contributed by atoms with Crippen molar-refractivity contribution in [3.8, 4) is 0 Å². The highest BCUT2D eigenvalue weighted by Crippen LogP contribution is 2.21. The van der Waals surface area contributed by atoms with Crippen LogP contribution in [0.15, 0.2) is 18.2 Å². The lowest BCUT2D eigenvalue weighted by Crippen LogP contribution is -2.29. The molecule has 0 aromatic heterocycles. The van der Waals surface area contributed by atoms with E-state index in [9.17, 15) is 4.79 Å². The van der Waals surface area contributed by atoms with E-state index in [0.29, 0.717) is 34.0 Å². The maximum absolute atomic E-state index is 11.9. The Morgan fingerprint density at radius 2 is 2.11 bits per heavy atom. The highest BCUT2D eigenvalue weighted by molar-refractivity contribution is 6.36. The number of nitrogens with one attached hydrogen (secondary N) is 1. The molecule has 0 aliphatic carbocycles. The van der Waals surface area contributed by atoms with Gasteiger partial charge in [-0.25, -0.2) is 0 Å². The summed E-state index contributed by atoms with van der Waals surface area (Å²) in [4.78, 5) is 11.9. The quantitative estimate of drug-likeness (QED) is 0.776. The van der Waals surface area contributed by atoms with Gasteiger partial charge in [0.1, 0.15) is 0 Å². The van der Waals surface area contributed by atoms with E-state index in [0.717, 1.165) is 12.8 Å². The predicted octanol–water partition coefficient (Wildman–Crippen LogP) is 4.38. The van der Waals surface area contributed by atoms with Crippen LogP contribution in [0.1, 0.15) is 30.1 Å². The van der Waals surface area contributed by atoms with Crippen LogP contribution in [-0.2, 0) is 0 Å². The third-order valence-electron chi connectivity index (χ3n) is 2.82. The van der Waals surface area contributed by atoms with Gasteiger partial charge in [-0.05, 0) is 30.5 Å². The summed E-state index contributed by atoms with van der Waals surface area (Å²) in [5.74, 6) is 0.831. The van der Waals surface area contributed by atoms with Crippen LogP contribution in [0.25, 0.3) is 0 Å². The third-order valence-corrected chi connectivity index (χ3v) is 3.59. The molecule has 0 heterocycles. The van der Waals surface area contributed by atoms with E-state index in [1.807, 2.05) is 0 Å². The van der Waals surface area contributed by atoms with Gasteiger partial charge >= 0.3 is 0 Å². The second-order valence-corrected chi connectivity index (χ2v) is 5.31. The lowest BCUT2D eigenvalue weighted by atomic mass is 10.0. The molecule has 0 aliphatic heterocycles. The number of rotatable bonds is 6. The molecule has 5 heteroatoms. The molecule has 0 aliphatic rings. The average Bonchev–Trinajstić information content (AvgIpc) is 2.34. The maximum atomic E-state index is 11.9. The number of alkyl halides is 1. The summed E-state index contributed by atoms with van der Waals surface area (Å²) in [6.07, 6.45) is 1.88. The number of carbonyl (C=O) groups excluding carboxylic acids is 1. The minimum absolute atomic E-state index is 0.176. The summed E-state index contributed by atoms with van der Waals surface area (Å²) in [5, 5.41) is 3.75. The van der Waals surface area contributed by atoms with Crippen molar-refractivity contribution in [3.63, 3.8) is 0 Å². The first-order valence-corrected chi connectivity index (χ1v) is 7.16. The summed E-state index contributed by atoms with van der Waals surface area (Å²) < 4.78 is 0. The Kier molecular flexibility index (Phi) is 6.83. The molecule has 18 heavy (non-hydrogen) atoms. The normalized spacial score (nSPS) is 12.2. The van der Waals surface area contributed by atoms with E-state index in [2.05, 4.69) is 12.2 Å². The van der Waals surface area contributed by atoms with Crippen molar-refractivity contribution in [1.82, 2.24) is 5.32 Å². The lowest BCUT2D eigenvalue weighted by molar-refractivity contribution is 0.0946. The van der Waals surface area contributed by atoms with Gasteiger partial charge in [-0.15, -0.1) is 11.6 Å². The molecule has 2 nitrogen and oxygen atoms in total. The lowest BCUT2D eigenvalue weighted by Gasteiger charge is -2.14. The van der Waals surface area contributed by atoms with Crippen LogP contribution in [0.5, 0.6) is 0 Å². The van der Waals surface area contributed by atoms with Crippen molar-refractivity contribution in [3.05, 3.63) is 33.8 Å².